The molecule has 3 aliphatic rings. The van der Waals surface area contributed by atoms with Gasteiger partial charge in [0.2, 0.25) is 5.43 Å². The first-order chi connectivity index (χ1) is 21.4. The van der Waals surface area contributed by atoms with Crippen LogP contribution in [0.15, 0.2) is 33.5 Å². The van der Waals surface area contributed by atoms with E-state index in [1.54, 1.807) is 13.0 Å². The summed E-state index contributed by atoms with van der Waals surface area (Å²) >= 11 is 25.6. The van der Waals surface area contributed by atoms with Crippen LogP contribution in [-0.4, -0.2) is 42.1 Å². The second kappa shape index (κ2) is 13.7. The van der Waals surface area contributed by atoms with Crippen LogP contribution < -0.4 is 5.43 Å². The summed E-state index contributed by atoms with van der Waals surface area (Å²) in [5.41, 5.74) is 1.37. The summed E-state index contributed by atoms with van der Waals surface area (Å²) in [4.78, 5) is 39.0. The molecular formula is C31H27Cl4O9P. The van der Waals surface area contributed by atoms with Crippen molar-refractivity contribution < 1.29 is 37.8 Å². The van der Waals surface area contributed by atoms with Gasteiger partial charge >= 0.3 is 8.25 Å². The molecule has 45 heavy (non-hydrogen) atoms. The van der Waals surface area contributed by atoms with Gasteiger partial charge in [0.05, 0.1) is 27.8 Å². The van der Waals surface area contributed by atoms with Gasteiger partial charge in [-0.15, -0.1) is 0 Å². The number of benzene rings is 3. The molecule has 0 bridgehead atoms. The number of aliphatic hydroxyl groups is 1. The third kappa shape index (κ3) is 6.55. The number of halogens is 4. The lowest BCUT2D eigenvalue weighted by Crippen LogP contribution is -2.23. The molecule has 2 aromatic rings. The minimum Gasteiger partial charge on any atom is -0.506 e. The number of phenolic OH excluding ortho intramolecular Hbond substituents is 1. The summed E-state index contributed by atoms with van der Waals surface area (Å²) in [5.74, 6) is -1.34. The number of aldehydes is 1. The maximum atomic E-state index is 13.5. The Morgan fingerprint density at radius 3 is 2.49 bits per heavy atom. The number of Topliss-reactive ketones (excluding diaryl/α,β-unsaturated/α-hetero) is 1. The first-order valence-electron chi connectivity index (χ1n) is 13.8. The van der Waals surface area contributed by atoms with Gasteiger partial charge in [-0.2, -0.15) is 0 Å². The molecule has 4 unspecified atom stereocenters. The Kier molecular flexibility index (Phi) is 10.3. The SMILES string of the molecule is CO[PH](=O)OCC1CC(O)CC1C(=O)CCc1cc2c(-c3cc(Cl)c(Cl)cc3C=O)c3cc(Cl)c(O)c(C)c3oc-2c(Cl)c1=O. The zero-order valence-corrected chi connectivity index (χ0v) is 27.9. The van der Waals surface area contributed by atoms with E-state index in [0.29, 0.717) is 34.8 Å². The van der Waals surface area contributed by atoms with E-state index >= 15 is 0 Å². The van der Waals surface area contributed by atoms with Gasteiger partial charge in [-0.25, -0.2) is 0 Å². The van der Waals surface area contributed by atoms with E-state index in [4.69, 9.17) is 55.3 Å². The third-order valence-corrected chi connectivity index (χ3v) is 10.3. The van der Waals surface area contributed by atoms with E-state index in [2.05, 4.69) is 4.52 Å². The number of carbonyl (C=O) groups is 2. The maximum Gasteiger partial charge on any atom is 0.318 e. The maximum absolute atomic E-state index is 13.5. The lowest BCUT2D eigenvalue weighted by Gasteiger charge is -2.21. The quantitative estimate of drug-likeness (QED) is 0.0951. The lowest BCUT2D eigenvalue weighted by molar-refractivity contribution is -0.124. The van der Waals surface area contributed by atoms with Gasteiger partial charge in [-0.05, 0) is 61.9 Å². The first kappa shape index (κ1) is 33.9. The molecule has 0 saturated heterocycles. The molecule has 1 fully saturated rings. The highest BCUT2D eigenvalue weighted by atomic mass is 35.5. The van der Waals surface area contributed by atoms with E-state index in [-0.39, 0.29) is 91.4 Å². The number of aryl methyl sites for hydroxylation is 2. The summed E-state index contributed by atoms with van der Waals surface area (Å²) in [6.07, 6.45) is 0.385. The number of fused-ring (bicyclic) bond motifs is 2. The number of hydrogen-bond donors (Lipinski definition) is 2. The summed E-state index contributed by atoms with van der Waals surface area (Å²) in [7, 11) is -1.44. The molecule has 9 nitrogen and oxygen atoms in total. The standard InChI is InChI=1S/C31H27Cl4O9P/c1-13-28(39)24(34)10-21-26(19-9-23(33)22(32)7-15(19)11-36)20-6-14(29(40)27(35)31(20)44-30(13)21)3-4-25(38)18-8-17(37)5-16(18)12-43-45(41)42-2/h6-7,9-11,16-18,37,39,45H,3-5,8,12H2,1-2H3. The third-order valence-electron chi connectivity index (χ3n) is 8.23. The van der Waals surface area contributed by atoms with Crippen molar-refractivity contribution in [3.05, 3.63) is 71.3 Å². The topological polar surface area (TPSA) is 140 Å². The molecule has 14 heteroatoms. The Labute approximate surface area is 278 Å². The van der Waals surface area contributed by atoms with Crippen molar-refractivity contribution in [2.45, 2.75) is 38.7 Å². The van der Waals surface area contributed by atoms with E-state index in [1.165, 1.54) is 25.3 Å². The summed E-state index contributed by atoms with van der Waals surface area (Å²) in [5, 5.41) is 21.3. The lowest BCUT2D eigenvalue weighted by atomic mass is 9.87. The molecule has 0 amide bonds. The normalized spacial score (nSPS) is 19.0. The van der Waals surface area contributed by atoms with Gasteiger partial charge < -0.3 is 23.7 Å². The van der Waals surface area contributed by atoms with Crippen LogP contribution in [0.25, 0.3) is 33.4 Å². The van der Waals surface area contributed by atoms with Gasteiger partial charge in [0.25, 0.3) is 0 Å². The zero-order chi connectivity index (χ0) is 32.7. The molecule has 2 aromatic carbocycles. The van der Waals surface area contributed by atoms with Crippen LogP contribution >= 0.6 is 54.7 Å². The van der Waals surface area contributed by atoms with Crippen molar-refractivity contribution in [2.24, 2.45) is 11.8 Å². The fourth-order valence-corrected chi connectivity index (χ4v) is 7.29. The van der Waals surface area contributed by atoms with Crippen LogP contribution in [0.5, 0.6) is 5.75 Å². The van der Waals surface area contributed by atoms with E-state index in [0.717, 1.165) is 0 Å². The fourth-order valence-electron chi connectivity index (χ4n) is 5.97. The number of phenols is 1. The number of ketones is 1. The number of carbonyl (C=O) groups excluding carboxylic acids is 2. The Bertz CT molecular complexity index is 1890. The molecule has 2 aliphatic carbocycles. The molecule has 0 aromatic heterocycles. The molecule has 1 saturated carbocycles. The van der Waals surface area contributed by atoms with Crippen molar-refractivity contribution in [2.75, 3.05) is 13.7 Å². The van der Waals surface area contributed by atoms with Gasteiger partial charge in [0.1, 0.15) is 22.1 Å². The van der Waals surface area contributed by atoms with Crippen LogP contribution in [0, 0.1) is 18.8 Å². The van der Waals surface area contributed by atoms with Crippen molar-refractivity contribution in [1.82, 2.24) is 0 Å². The van der Waals surface area contributed by atoms with Crippen LogP contribution in [0.2, 0.25) is 20.1 Å². The van der Waals surface area contributed by atoms with Crippen LogP contribution in [0.3, 0.4) is 0 Å². The number of aliphatic hydroxyl groups excluding tert-OH is 1. The van der Waals surface area contributed by atoms with Crippen molar-refractivity contribution >= 4 is 77.7 Å². The Hall–Kier alpha value is -2.46. The average molecular weight is 716 g/mol. The van der Waals surface area contributed by atoms with Crippen LogP contribution in [-0.2, 0) is 24.8 Å². The van der Waals surface area contributed by atoms with Crippen LogP contribution in [0.4, 0.5) is 0 Å². The minimum atomic E-state index is -2.69. The summed E-state index contributed by atoms with van der Waals surface area (Å²) in [6.45, 7) is 1.57. The Morgan fingerprint density at radius 1 is 1.09 bits per heavy atom. The molecule has 2 N–H and O–H groups in total. The molecule has 1 heterocycles. The number of hydrogen-bond acceptors (Lipinski definition) is 9. The van der Waals surface area contributed by atoms with E-state index in [1.807, 2.05) is 0 Å². The average Bonchev–Trinajstić information content (AvgIpc) is 3.40. The van der Waals surface area contributed by atoms with E-state index < -0.39 is 25.7 Å². The highest BCUT2D eigenvalue weighted by molar-refractivity contribution is 7.33. The van der Waals surface area contributed by atoms with Crippen molar-refractivity contribution in [3.63, 3.8) is 0 Å². The van der Waals surface area contributed by atoms with Crippen molar-refractivity contribution in [1.29, 1.82) is 0 Å². The zero-order valence-electron chi connectivity index (χ0n) is 23.9. The van der Waals surface area contributed by atoms with Crippen LogP contribution in [0.1, 0.15) is 40.7 Å². The molecule has 5 rings (SSSR count). The van der Waals surface area contributed by atoms with Gasteiger partial charge in [0, 0.05) is 52.7 Å². The van der Waals surface area contributed by atoms with Gasteiger partial charge in [-0.1, -0.05) is 46.4 Å². The second-order valence-corrected chi connectivity index (χ2v) is 13.7. The highest BCUT2D eigenvalue weighted by Gasteiger charge is 2.38. The first-order valence-corrected chi connectivity index (χ1v) is 16.6. The molecule has 0 spiro atoms. The molecule has 4 atom stereocenters. The molecular weight excluding hydrogens is 689 g/mol. The Morgan fingerprint density at radius 2 is 1.80 bits per heavy atom. The molecule has 1 aliphatic heterocycles. The van der Waals surface area contributed by atoms with Gasteiger partial charge in [0.15, 0.2) is 12.0 Å². The minimum absolute atomic E-state index is 0.00326. The number of rotatable bonds is 10. The molecule has 0 radical (unpaired) electrons. The fraction of sp³-hybridized carbons (Fsp3) is 0.323. The largest absolute Gasteiger partial charge is 0.506 e. The monoisotopic (exact) mass is 714 g/mol. The van der Waals surface area contributed by atoms with E-state index in [9.17, 15) is 29.2 Å². The second-order valence-electron chi connectivity index (χ2n) is 10.9. The smallest absolute Gasteiger partial charge is 0.318 e. The predicted octanol–water partition coefficient (Wildman–Crippen LogP) is 7.95. The van der Waals surface area contributed by atoms with Gasteiger partial charge in [-0.3, -0.25) is 18.9 Å². The van der Waals surface area contributed by atoms with Crippen molar-refractivity contribution in [3.8, 4) is 28.2 Å². The number of aromatic hydroxyl groups is 1. The predicted molar refractivity (Wildman–Crippen MR) is 174 cm³/mol. The molecule has 238 valence electrons. The summed E-state index contributed by atoms with van der Waals surface area (Å²) in [6, 6.07) is 5.94. The highest BCUT2D eigenvalue weighted by Crippen LogP contribution is 2.48. The Balaban J connectivity index is 1.63. The summed E-state index contributed by atoms with van der Waals surface area (Å²) < 4.78 is 27.7.